The highest BCUT2D eigenvalue weighted by Gasteiger charge is 2.30. The number of carbonyl (C=O) groups excluding carboxylic acids is 1. The monoisotopic (exact) mass is 297 g/mol. The van der Waals surface area contributed by atoms with Gasteiger partial charge in [0.15, 0.2) is 9.84 Å². The first-order valence-electron chi connectivity index (χ1n) is 6.49. The molecule has 0 N–H and O–H groups in total. The van der Waals surface area contributed by atoms with Crippen LogP contribution >= 0.6 is 0 Å². The average molecular weight is 297 g/mol. The molecule has 1 aromatic carbocycles. The van der Waals surface area contributed by atoms with E-state index in [4.69, 9.17) is 0 Å². The highest BCUT2D eigenvalue weighted by atomic mass is 32.2. The molecule has 1 saturated heterocycles. The number of ether oxygens (including phenoxy) is 1. The number of rotatable bonds is 4. The van der Waals surface area contributed by atoms with Crippen molar-refractivity contribution in [3.63, 3.8) is 0 Å². The van der Waals surface area contributed by atoms with Crippen molar-refractivity contribution >= 4 is 15.8 Å². The molecule has 1 aliphatic rings. The highest BCUT2D eigenvalue weighted by molar-refractivity contribution is 7.91. The predicted molar refractivity (Wildman–Crippen MR) is 76.3 cm³/mol. The zero-order valence-electron chi connectivity index (χ0n) is 11.7. The molecule has 5 nitrogen and oxygen atoms in total. The maximum atomic E-state index is 11.5. The summed E-state index contributed by atoms with van der Waals surface area (Å²) < 4.78 is 27.6. The van der Waals surface area contributed by atoms with Crippen LogP contribution < -0.4 is 0 Å². The van der Waals surface area contributed by atoms with E-state index in [0.29, 0.717) is 18.5 Å². The molecule has 1 aliphatic heterocycles. The van der Waals surface area contributed by atoms with Gasteiger partial charge in [-0.2, -0.15) is 0 Å². The molecule has 6 heteroatoms. The Morgan fingerprint density at radius 1 is 1.35 bits per heavy atom. The fraction of sp³-hybridized carbons (Fsp3) is 0.500. The summed E-state index contributed by atoms with van der Waals surface area (Å²) >= 11 is 0. The summed E-state index contributed by atoms with van der Waals surface area (Å²) in [5, 5.41) is 0. The van der Waals surface area contributed by atoms with Gasteiger partial charge in [-0.3, -0.25) is 4.90 Å². The third-order valence-corrected chi connectivity index (χ3v) is 5.39. The lowest BCUT2D eigenvalue weighted by Gasteiger charge is -2.23. The van der Waals surface area contributed by atoms with Crippen molar-refractivity contribution in [2.45, 2.75) is 19.0 Å². The zero-order valence-corrected chi connectivity index (χ0v) is 12.5. The van der Waals surface area contributed by atoms with Crippen LogP contribution in [0.5, 0.6) is 0 Å². The second-order valence-corrected chi connectivity index (χ2v) is 7.39. The van der Waals surface area contributed by atoms with Crippen molar-refractivity contribution in [3.05, 3.63) is 35.4 Å². The zero-order chi connectivity index (χ0) is 14.8. The lowest BCUT2D eigenvalue weighted by atomic mass is 10.1. The van der Waals surface area contributed by atoms with E-state index in [1.54, 1.807) is 12.1 Å². The Bertz CT molecular complexity index is 580. The molecule has 0 saturated carbocycles. The normalized spacial score (nSPS) is 21.1. The molecule has 0 aromatic heterocycles. The first-order valence-corrected chi connectivity index (χ1v) is 8.31. The van der Waals surface area contributed by atoms with Gasteiger partial charge in [0.2, 0.25) is 0 Å². The quantitative estimate of drug-likeness (QED) is 0.779. The Kier molecular flexibility index (Phi) is 4.45. The van der Waals surface area contributed by atoms with Crippen LogP contribution in [0.15, 0.2) is 24.3 Å². The predicted octanol–water partition coefficient (Wildman–Crippen LogP) is 1.09. The van der Waals surface area contributed by atoms with Crippen LogP contribution in [0.2, 0.25) is 0 Å². The standard InChI is InChI=1S/C14H19NO4S/c1-15(13-7-8-20(17,18)10-13)9-11-3-5-12(6-4-11)14(16)19-2/h3-6,13H,7-10H2,1-2H3. The maximum Gasteiger partial charge on any atom is 0.337 e. The van der Waals surface area contributed by atoms with Crippen molar-refractivity contribution in [1.29, 1.82) is 0 Å². The van der Waals surface area contributed by atoms with Gasteiger partial charge < -0.3 is 4.74 Å². The molecule has 1 heterocycles. The fourth-order valence-corrected chi connectivity index (χ4v) is 4.21. The minimum absolute atomic E-state index is 0.0836. The number of esters is 1. The van der Waals surface area contributed by atoms with Crippen LogP contribution in [0, 0.1) is 0 Å². The first-order chi connectivity index (χ1) is 9.41. The molecule has 1 atom stereocenters. The molecule has 0 amide bonds. The number of hydrogen-bond donors (Lipinski definition) is 0. The molecule has 1 aromatic rings. The Balaban J connectivity index is 1.98. The molecule has 1 fully saturated rings. The van der Waals surface area contributed by atoms with Gasteiger partial charge in [-0.05, 0) is 31.2 Å². The van der Waals surface area contributed by atoms with Crippen LogP contribution in [0.3, 0.4) is 0 Å². The third kappa shape index (κ3) is 3.58. The summed E-state index contributed by atoms with van der Waals surface area (Å²) in [4.78, 5) is 13.4. The lowest BCUT2D eigenvalue weighted by molar-refractivity contribution is 0.0600. The first kappa shape index (κ1) is 15.0. The van der Waals surface area contributed by atoms with Crippen LogP contribution in [0.1, 0.15) is 22.3 Å². The summed E-state index contributed by atoms with van der Waals surface area (Å²) in [5.74, 6) is 0.166. The molecular formula is C14H19NO4S. The molecule has 20 heavy (non-hydrogen) atoms. The number of benzene rings is 1. The van der Waals surface area contributed by atoms with Gasteiger partial charge in [0.25, 0.3) is 0 Å². The number of carbonyl (C=O) groups is 1. The largest absolute Gasteiger partial charge is 0.465 e. The van der Waals surface area contributed by atoms with E-state index in [-0.39, 0.29) is 23.5 Å². The van der Waals surface area contributed by atoms with Gasteiger partial charge in [-0.15, -0.1) is 0 Å². The smallest absolute Gasteiger partial charge is 0.337 e. The molecule has 0 radical (unpaired) electrons. The molecule has 0 aliphatic carbocycles. The SMILES string of the molecule is COC(=O)c1ccc(CN(C)C2CCS(=O)(=O)C2)cc1. The number of sulfone groups is 1. The van der Waals surface area contributed by atoms with Crippen LogP contribution in [-0.2, 0) is 21.1 Å². The molecular weight excluding hydrogens is 278 g/mol. The van der Waals surface area contributed by atoms with Crippen molar-refractivity contribution < 1.29 is 17.9 Å². The van der Waals surface area contributed by atoms with Crippen molar-refractivity contribution in [2.24, 2.45) is 0 Å². The molecule has 0 spiro atoms. The van der Waals surface area contributed by atoms with Gasteiger partial charge >= 0.3 is 5.97 Å². The Hall–Kier alpha value is -1.40. The van der Waals surface area contributed by atoms with E-state index < -0.39 is 9.84 Å². The van der Waals surface area contributed by atoms with Crippen molar-refractivity contribution in [1.82, 2.24) is 4.90 Å². The summed E-state index contributed by atoms with van der Waals surface area (Å²) in [6, 6.07) is 7.26. The van der Waals surface area contributed by atoms with E-state index in [9.17, 15) is 13.2 Å². The minimum atomic E-state index is -2.86. The van der Waals surface area contributed by atoms with Gasteiger partial charge in [0.1, 0.15) is 0 Å². The third-order valence-electron chi connectivity index (χ3n) is 3.64. The molecule has 110 valence electrons. The summed E-state index contributed by atoms with van der Waals surface area (Å²) in [7, 11) is 0.425. The van der Waals surface area contributed by atoms with Crippen LogP contribution in [0.25, 0.3) is 0 Å². The van der Waals surface area contributed by atoms with E-state index in [1.165, 1.54) is 7.11 Å². The fourth-order valence-electron chi connectivity index (χ4n) is 2.40. The second-order valence-electron chi connectivity index (χ2n) is 5.16. The van der Waals surface area contributed by atoms with Crippen LogP contribution in [0.4, 0.5) is 0 Å². The molecule has 0 bridgehead atoms. The number of methoxy groups -OCH3 is 1. The van der Waals surface area contributed by atoms with Gasteiger partial charge in [-0.1, -0.05) is 12.1 Å². The maximum absolute atomic E-state index is 11.5. The molecule has 2 rings (SSSR count). The van der Waals surface area contributed by atoms with Crippen LogP contribution in [-0.4, -0.2) is 51.0 Å². The number of nitrogens with zero attached hydrogens (tertiary/aromatic N) is 1. The van der Waals surface area contributed by atoms with E-state index in [0.717, 1.165) is 5.56 Å². The topological polar surface area (TPSA) is 63.7 Å². The summed E-state index contributed by atoms with van der Waals surface area (Å²) in [5.41, 5.74) is 1.56. The van der Waals surface area contributed by atoms with Crippen molar-refractivity contribution in [2.75, 3.05) is 25.7 Å². The average Bonchev–Trinajstić information content (AvgIpc) is 2.79. The Morgan fingerprint density at radius 3 is 2.50 bits per heavy atom. The van der Waals surface area contributed by atoms with Crippen molar-refractivity contribution in [3.8, 4) is 0 Å². The Labute approximate surface area is 119 Å². The Morgan fingerprint density at radius 2 is 2.00 bits per heavy atom. The highest BCUT2D eigenvalue weighted by Crippen LogP contribution is 2.18. The van der Waals surface area contributed by atoms with Gasteiger partial charge in [-0.25, -0.2) is 13.2 Å². The second kappa shape index (κ2) is 5.93. The van der Waals surface area contributed by atoms with E-state index in [2.05, 4.69) is 9.64 Å². The molecule has 1 unspecified atom stereocenters. The van der Waals surface area contributed by atoms with Gasteiger partial charge in [0.05, 0.1) is 24.2 Å². The lowest BCUT2D eigenvalue weighted by Crippen LogP contribution is -2.32. The van der Waals surface area contributed by atoms with E-state index >= 15 is 0 Å². The minimum Gasteiger partial charge on any atom is -0.465 e. The summed E-state index contributed by atoms with van der Waals surface area (Å²) in [6.07, 6.45) is 0.694. The summed E-state index contributed by atoms with van der Waals surface area (Å²) in [6.45, 7) is 0.668. The number of hydrogen-bond acceptors (Lipinski definition) is 5. The van der Waals surface area contributed by atoms with E-state index in [1.807, 2.05) is 19.2 Å². The van der Waals surface area contributed by atoms with Gasteiger partial charge in [0, 0.05) is 12.6 Å².